The van der Waals surface area contributed by atoms with E-state index in [2.05, 4.69) is 6.92 Å². The number of unbranched alkanes of at least 4 members (excludes halogenated alkanes) is 2. The average molecular weight is 216 g/mol. The predicted octanol–water partition coefficient (Wildman–Crippen LogP) is 2.52. The fraction of sp³-hybridized carbons (Fsp3) is 0.917. The molecule has 2 unspecified atom stereocenters. The zero-order chi connectivity index (χ0) is 11.9. The van der Waals surface area contributed by atoms with Gasteiger partial charge in [0.05, 0.1) is 18.6 Å². The first-order chi connectivity index (χ1) is 6.99. The van der Waals surface area contributed by atoms with E-state index < -0.39 is 11.5 Å². The molecule has 0 amide bonds. The Bertz CT molecular complexity index is 187. The van der Waals surface area contributed by atoms with Gasteiger partial charge >= 0.3 is 5.97 Å². The summed E-state index contributed by atoms with van der Waals surface area (Å²) in [7, 11) is 1.37. The first kappa shape index (κ1) is 14.4. The zero-order valence-electron chi connectivity index (χ0n) is 10.4. The van der Waals surface area contributed by atoms with Gasteiger partial charge in [-0.2, -0.15) is 0 Å². The fourth-order valence-corrected chi connectivity index (χ4v) is 1.91. The standard InChI is InChI=1S/C12H24O3/c1-5-7-8-9-12(3,14)10(6-2)11(13)15-4/h10,14H,5-9H2,1-4H3. The summed E-state index contributed by atoms with van der Waals surface area (Å²) >= 11 is 0. The lowest BCUT2D eigenvalue weighted by molar-refractivity contribution is -0.155. The van der Waals surface area contributed by atoms with E-state index in [0.29, 0.717) is 12.8 Å². The topological polar surface area (TPSA) is 46.5 Å². The molecule has 2 atom stereocenters. The summed E-state index contributed by atoms with van der Waals surface area (Å²) in [6.45, 7) is 5.75. The van der Waals surface area contributed by atoms with Crippen LogP contribution in [-0.2, 0) is 9.53 Å². The third-order valence-electron chi connectivity index (χ3n) is 2.93. The van der Waals surface area contributed by atoms with Crippen LogP contribution >= 0.6 is 0 Å². The van der Waals surface area contributed by atoms with E-state index >= 15 is 0 Å². The Kier molecular flexibility index (Phi) is 6.57. The Hall–Kier alpha value is -0.570. The number of rotatable bonds is 7. The van der Waals surface area contributed by atoms with E-state index in [-0.39, 0.29) is 5.97 Å². The molecule has 1 N–H and O–H groups in total. The number of hydrogen-bond donors (Lipinski definition) is 1. The summed E-state index contributed by atoms with van der Waals surface area (Å²) in [5, 5.41) is 10.2. The maximum Gasteiger partial charge on any atom is 0.311 e. The van der Waals surface area contributed by atoms with Crippen LogP contribution in [0, 0.1) is 5.92 Å². The lowest BCUT2D eigenvalue weighted by atomic mass is 9.83. The maximum atomic E-state index is 11.4. The summed E-state index contributed by atoms with van der Waals surface area (Å²) in [6, 6.07) is 0. The first-order valence-electron chi connectivity index (χ1n) is 5.79. The lowest BCUT2D eigenvalue weighted by Gasteiger charge is -2.30. The van der Waals surface area contributed by atoms with Crippen molar-refractivity contribution in [2.75, 3.05) is 7.11 Å². The van der Waals surface area contributed by atoms with Gasteiger partial charge in [-0.25, -0.2) is 0 Å². The molecule has 0 rings (SSSR count). The minimum Gasteiger partial charge on any atom is -0.469 e. The second-order valence-corrected chi connectivity index (χ2v) is 4.30. The summed E-state index contributed by atoms with van der Waals surface area (Å²) < 4.78 is 4.70. The Morgan fingerprint density at radius 3 is 2.40 bits per heavy atom. The van der Waals surface area contributed by atoms with Crippen molar-refractivity contribution in [2.24, 2.45) is 5.92 Å². The highest BCUT2D eigenvalue weighted by Gasteiger charge is 2.36. The monoisotopic (exact) mass is 216 g/mol. The molecule has 0 aromatic heterocycles. The van der Waals surface area contributed by atoms with Gasteiger partial charge in [-0.3, -0.25) is 4.79 Å². The van der Waals surface area contributed by atoms with Crippen molar-refractivity contribution < 1.29 is 14.6 Å². The molecular weight excluding hydrogens is 192 g/mol. The van der Waals surface area contributed by atoms with Gasteiger partial charge in [0.25, 0.3) is 0 Å². The van der Waals surface area contributed by atoms with Crippen LogP contribution in [0.2, 0.25) is 0 Å². The molecule has 0 saturated heterocycles. The highest BCUT2D eigenvalue weighted by molar-refractivity contribution is 5.73. The molecule has 0 heterocycles. The minimum atomic E-state index is -0.934. The van der Waals surface area contributed by atoms with Crippen molar-refractivity contribution in [3.05, 3.63) is 0 Å². The molecule has 3 heteroatoms. The number of carbonyl (C=O) groups is 1. The molecule has 0 aliphatic rings. The summed E-state index contributed by atoms with van der Waals surface area (Å²) in [4.78, 5) is 11.4. The molecule has 0 saturated carbocycles. The van der Waals surface area contributed by atoms with Crippen LogP contribution < -0.4 is 0 Å². The van der Waals surface area contributed by atoms with Gasteiger partial charge in [0.2, 0.25) is 0 Å². The van der Waals surface area contributed by atoms with E-state index in [1.165, 1.54) is 7.11 Å². The van der Waals surface area contributed by atoms with E-state index in [0.717, 1.165) is 19.3 Å². The van der Waals surface area contributed by atoms with Crippen LogP contribution in [0.3, 0.4) is 0 Å². The average Bonchev–Trinajstić information content (AvgIpc) is 2.18. The number of hydrogen-bond acceptors (Lipinski definition) is 3. The maximum absolute atomic E-state index is 11.4. The fourth-order valence-electron chi connectivity index (χ4n) is 1.91. The van der Waals surface area contributed by atoms with Gasteiger partial charge in [0.15, 0.2) is 0 Å². The van der Waals surface area contributed by atoms with Crippen molar-refractivity contribution in [2.45, 2.75) is 58.5 Å². The smallest absolute Gasteiger partial charge is 0.311 e. The van der Waals surface area contributed by atoms with Gasteiger partial charge in [-0.15, -0.1) is 0 Å². The van der Waals surface area contributed by atoms with E-state index in [1.54, 1.807) is 6.92 Å². The van der Waals surface area contributed by atoms with Gasteiger partial charge < -0.3 is 9.84 Å². The molecule has 90 valence electrons. The van der Waals surface area contributed by atoms with Crippen molar-refractivity contribution in [1.82, 2.24) is 0 Å². The van der Waals surface area contributed by atoms with Crippen LogP contribution in [0.25, 0.3) is 0 Å². The van der Waals surface area contributed by atoms with Crippen LogP contribution in [-0.4, -0.2) is 23.8 Å². The number of esters is 1. The molecule has 0 spiro atoms. The number of carbonyl (C=O) groups excluding carboxylic acids is 1. The molecule has 0 aromatic carbocycles. The minimum absolute atomic E-state index is 0.306. The second-order valence-electron chi connectivity index (χ2n) is 4.30. The SMILES string of the molecule is CCCCCC(C)(O)C(CC)C(=O)OC. The molecule has 0 aliphatic heterocycles. The molecular formula is C12H24O3. The third kappa shape index (κ3) is 4.65. The van der Waals surface area contributed by atoms with Crippen molar-refractivity contribution in [3.63, 3.8) is 0 Å². The highest BCUT2D eigenvalue weighted by atomic mass is 16.5. The molecule has 0 fully saturated rings. The lowest BCUT2D eigenvalue weighted by Crippen LogP contribution is -2.39. The van der Waals surface area contributed by atoms with Crippen LogP contribution in [0.15, 0.2) is 0 Å². The molecule has 0 aromatic rings. The van der Waals surface area contributed by atoms with Gasteiger partial charge in [0, 0.05) is 0 Å². The Morgan fingerprint density at radius 2 is 2.00 bits per heavy atom. The van der Waals surface area contributed by atoms with Crippen molar-refractivity contribution in [3.8, 4) is 0 Å². The van der Waals surface area contributed by atoms with Crippen LogP contribution in [0.5, 0.6) is 0 Å². The molecule has 0 radical (unpaired) electrons. The molecule has 15 heavy (non-hydrogen) atoms. The Balaban J connectivity index is 4.30. The summed E-state index contributed by atoms with van der Waals surface area (Å²) in [5.41, 5.74) is -0.934. The molecule has 0 bridgehead atoms. The first-order valence-corrected chi connectivity index (χ1v) is 5.79. The summed E-state index contributed by atoms with van der Waals surface area (Å²) in [6.07, 6.45) is 4.44. The largest absolute Gasteiger partial charge is 0.469 e. The van der Waals surface area contributed by atoms with E-state index in [4.69, 9.17) is 4.74 Å². The van der Waals surface area contributed by atoms with Gasteiger partial charge in [-0.05, 0) is 19.8 Å². The molecule has 3 nitrogen and oxygen atoms in total. The van der Waals surface area contributed by atoms with Crippen LogP contribution in [0.4, 0.5) is 0 Å². The predicted molar refractivity (Wildman–Crippen MR) is 60.6 cm³/mol. The Morgan fingerprint density at radius 1 is 1.40 bits per heavy atom. The van der Waals surface area contributed by atoms with E-state index in [1.807, 2.05) is 6.92 Å². The normalized spacial score (nSPS) is 16.9. The zero-order valence-corrected chi connectivity index (χ0v) is 10.4. The number of ether oxygens (including phenoxy) is 1. The summed E-state index contributed by atoms with van der Waals surface area (Å²) in [5.74, 6) is -0.710. The Labute approximate surface area is 92.8 Å². The molecule has 0 aliphatic carbocycles. The van der Waals surface area contributed by atoms with Crippen LogP contribution in [0.1, 0.15) is 52.9 Å². The van der Waals surface area contributed by atoms with Gasteiger partial charge in [-0.1, -0.05) is 33.1 Å². The quantitative estimate of drug-likeness (QED) is 0.525. The number of aliphatic hydroxyl groups is 1. The van der Waals surface area contributed by atoms with Crippen molar-refractivity contribution in [1.29, 1.82) is 0 Å². The second kappa shape index (κ2) is 6.83. The van der Waals surface area contributed by atoms with Gasteiger partial charge in [0.1, 0.15) is 0 Å². The number of methoxy groups -OCH3 is 1. The third-order valence-corrected chi connectivity index (χ3v) is 2.93. The highest BCUT2D eigenvalue weighted by Crippen LogP contribution is 2.27. The van der Waals surface area contributed by atoms with Crippen molar-refractivity contribution >= 4 is 5.97 Å². The van der Waals surface area contributed by atoms with E-state index in [9.17, 15) is 9.90 Å².